The van der Waals surface area contributed by atoms with Crippen molar-refractivity contribution < 1.29 is 9.90 Å². The lowest BCUT2D eigenvalue weighted by atomic mass is 10.1. The maximum Gasteiger partial charge on any atom is 0.239 e. The zero-order valence-electron chi connectivity index (χ0n) is 15.1. The van der Waals surface area contributed by atoms with Crippen LogP contribution in [0.4, 0.5) is 0 Å². The minimum absolute atomic E-state index is 0.0420. The molecule has 1 heterocycles. The van der Waals surface area contributed by atoms with Gasteiger partial charge in [0.1, 0.15) is 5.01 Å². The molecule has 0 radical (unpaired) electrons. The van der Waals surface area contributed by atoms with Gasteiger partial charge >= 0.3 is 0 Å². The maximum absolute atomic E-state index is 12.7. The molecule has 1 aromatic heterocycles. The fourth-order valence-corrected chi connectivity index (χ4v) is 3.78. The lowest BCUT2D eigenvalue weighted by molar-refractivity contribution is -0.136. The standard InChI is InChI=1S/C18H27N3O2S/c1-6-21(12-18(3,4)23)13(2)17(22)20(5)11-16-19-14-9-7-8-10-15(14)24-16/h7-10,13,23H,6,11-12H2,1-5H3. The Hall–Kier alpha value is -1.50. The first-order chi connectivity index (χ1) is 11.2. The number of hydrogen-bond donors (Lipinski definition) is 1. The van der Waals surface area contributed by atoms with Crippen LogP contribution in [-0.4, -0.2) is 57.6 Å². The molecule has 0 aliphatic carbocycles. The number of carbonyl (C=O) groups is 1. The summed E-state index contributed by atoms with van der Waals surface area (Å²) < 4.78 is 1.14. The highest BCUT2D eigenvalue weighted by Gasteiger charge is 2.27. The monoisotopic (exact) mass is 349 g/mol. The number of likely N-dealkylation sites (N-methyl/N-ethyl adjacent to an activating group) is 2. The Balaban J connectivity index is 2.04. The summed E-state index contributed by atoms with van der Waals surface area (Å²) in [5.74, 6) is 0.0420. The SMILES string of the molecule is CCN(CC(C)(C)O)C(C)C(=O)N(C)Cc1nc2ccccc2s1. The lowest BCUT2D eigenvalue weighted by Crippen LogP contribution is -2.50. The average Bonchev–Trinajstić information content (AvgIpc) is 2.92. The minimum Gasteiger partial charge on any atom is -0.389 e. The van der Waals surface area contributed by atoms with E-state index in [9.17, 15) is 9.90 Å². The van der Waals surface area contributed by atoms with Gasteiger partial charge < -0.3 is 10.0 Å². The molecule has 24 heavy (non-hydrogen) atoms. The number of para-hydroxylation sites is 1. The van der Waals surface area contributed by atoms with Crippen molar-refractivity contribution in [1.29, 1.82) is 0 Å². The lowest BCUT2D eigenvalue weighted by Gasteiger charge is -2.33. The summed E-state index contributed by atoms with van der Waals surface area (Å²) in [7, 11) is 1.81. The van der Waals surface area contributed by atoms with Crippen LogP contribution in [0.15, 0.2) is 24.3 Å². The van der Waals surface area contributed by atoms with E-state index in [4.69, 9.17) is 0 Å². The van der Waals surface area contributed by atoms with E-state index in [0.717, 1.165) is 15.2 Å². The number of hydrogen-bond acceptors (Lipinski definition) is 5. The molecule has 0 aliphatic rings. The van der Waals surface area contributed by atoms with Gasteiger partial charge in [-0.2, -0.15) is 0 Å². The highest BCUT2D eigenvalue weighted by molar-refractivity contribution is 7.18. The van der Waals surface area contributed by atoms with E-state index >= 15 is 0 Å². The predicted octanol–water partition coefficient (Wildman–Crippen LogP) is 2.74. The van der Waals surface area contributed by atoms with Crippen molar-refractivity contribution in [2.75, 3.05) is 20.1 Å². The number of nitrogens with zero attached hydrogens (tertiary/aromatic N) is 3. The number of aliphatic hydroxyl groups is 1. The molecule has 0 fully saturated rings. The molecule has 2 aromatic rings. The summed E-state index contributed by atoms with van der Waals surface area (Å²) >= 11 is 1.62. The Morgan fingerprint density at radius 2 is 2.04 bits per heavy atom. The number of fused-ring (bicyclic) bond motifs is 1. The molecular formula is C18H27N3O2S. The number of amides is 1. The second kappa shape index (κ2) is 7.59. The molecule has 1 N–H and O–H groups in total. The van der Waals surface area contributed by atoms with Gasteiger partial charge in [0.2, 0.25) is 5.91 Å². The summed E-state index contributed by atoms with van der Waals surface area (Å²) in [5, 5.41) is 11.0. The van der Waals surface area contributed by atoms with E-state index in [1.807, 2.05) is 50.1 Å². The van der Waals surface area contributed by atoms with E-state index in [1.165, 1.54) is 0 Å². The summed E-state index contributed by atoms with van der Waals surface area (Å²) in [6.07, 6.45) is 0. The van der Waals surface area contributed by atoms with Gasteiger partial charge in [-0.05, 0) is 39.4 Å². The molecule has 1 amide bonds. The Labute approximate surface area is 147 Å². The average molecular weight is 350 g/mol. The fraction of sp³-hybridized carbons (Fsp3) is 0.556. The summed E-state index contributed by atoms with van der Waals surface area (Å²) in [6.45, 7) is 9.10. The summed E-state index contributed by atoms with van der Waals surface area (Å²) in [5.41, 5.74) is 0.152. The van der Waals surface area contributed by atoms with Crippen LogP contribution in [0.5, 0.6) is 0 Å². The molecule has 0 saturated heterocycles. The normalized spacial score (nSPS) is 13.5. The van der Waals surface area contributed by atoms with E-state index in [-0.39, 0.29) is 11.9 Å². The smallest absolute Gasteiger partial charge is 0.239 e. The third-order valence-electron chi connectivity index (χ3n) is 3.99. The van der Waals surface area contributed by atoms with Crippen LogP contribution in [0.3, 0.4) is 0 Å². The van der Waals surface area contributed by atoms with Crippen molar-refractivity contribution in [2.24, 2.45) is 0 Å². The van der Waals surface area contributed by atoms with Crippen molar-refractivity contribution in [2.45, 2.75) is 45.9 Å². The van der Waals surface area contributed by atoms with E-state index in [0.29, 0.717) is 19.6 Å². The third kappa shape index (κ3) is 4.75. The van der Waals surface area contributed by atoms with Crippen molar-refractivity contribution in [3.8, 4) is 0 Å². The van der Waals surface area contributed by atoms with Gasteiger partial charge in [-0.15, -0.1) is 11.3 Å². The third-order valence-corrected chi connectivity index (χ3v) is 5.01. The number of rotatable bonds is 7. The second-order valence-electron chi connectivity index (χ2n) is 6.82. The van der Waals surface area contributed by atoms with Crippen LogP contribution >= 0.6 is 11.3 Å². The quantitative estimate of drug-likeness (QED) is 0.835. The van der Waals surface area contributed by atoms with E-state index in [2.05, 4.69) is 4.98 Å². The van der Waals surface area contributed by atoms with Crippen LogP contribution in [0, 0.1) is 0 Å². The van der Waals surface area contributed by atoms with Gasteiger partial charge in [0.25, 0.3) is 0 Å². The molecule has 2 rings (SSSR count). The molecule has 1 atom stereocenters. The predicted molar refractivity (Wildman–Crippen MR) is 99.1 cm³/mol. The first-order valence-electron chi connectivity index (χ1n) is 8.27. The number of carbonyl (C=O) groups excluding carboxylic acids is 1. The number of aromatic nitrogens is 1. The summed E-state index contributed by atoms with van der Waals surface area (Å²) in [4.78, 5) is 21.0. The van der Waals surface area contributed by atoms with Crippen molar-refractivity contribution >= 4 is 27.5 Å². The largest absolute Gasteiger partial charge is 0.389 e. The molecule has 132 valence electrons. The topological polar surface area (TPSA) is 56.7 Å². The molecule has 5 nitrogen and oxygen atoms in total. The maximum atomic E-state index is 12.7. The number of benzene rings is 1. The van der Waals surface area contributed by atoms with E-state index < -0.39 is 5.60 Å². The molecule has 0 saturated carbocycles. The fourth-order valence-electron chi connectivity index (χ4n) is 2.76. The minimum atomic E-state index is -0.823. The first kappa shape index (κ1) is 18.8. The van der Waals surface area contributed by atoms with Crippen molar-refractivity contribution in [3.63, 3.8) is 0 Å². The van der Waals surface area contributed by atoms with Crippen LogP contribution < -0.4 is 0 Å². The first-order valence-corrected chi connectivity index (χ1v) is 9.08. The second-order valence-corrected chi connectivity index (χ2v) is 7.94. The Bertz CT molecular complexity index is 660. The Kier molecular flexibility index (Phi) is 5.96. The summed E-state index contributed by atoms with van der Waals surface area (Å²) in [6, 6.07) is 7.72. The highest BCUT2D eigenvalue weighted by Crippen LogP contribution is 2.22. The molecular weight excluding hydrogens is 322 g/mol. The van der Waals surface area contributed by atoms with Crippen LogP contribution in [0.2, 0.25) is 0 Å². The molecule has 0 bridgehead atoms. The Morgan fingerprint density at radius 1 is 1.38 bits per heavy atom. The van der Waals surface area contributed by atoms with Crippen LogP contribution in [0.25, 0.3) is 10.2 Å². The van der Waals surface area contributed by atoms with Gasteiger partial charge in [0.15, 0.2) is 0 Å². The number of thiazole rings is 1. The zero-order valence-corrected chi connectivity index (χ0v) is 15.9. The van der Waals surface area contributed by atoms with Crippen LogP contribution in [0.1, 0.15) is 32.7 Å². The van der Waals surface area contributed by atoms with Gasteiger partial charge in [0, 0.05) is 13.6 Å². The zero-order chi connectivity index (χ0) is 17.9. The molecule has 0 spiro atoms. The van der Waals surface area contributed by atoms with Crippen molar-refractivity contribution in [3.05, 3.63) is 29.3 Å². The molecule has 6 heteroatoms. The molecule has 1 unspecified atom stereocenters. The highest BCUT2D eigenvalue weighted by atomic mass is 32.1. The van der Waals surface area contributed by atoms with Gasteiger partial charge in [0.05, 0.1) is 28.4 Å². The van der Waals surface area contributed by atoms with Gasteiger partial charge in [-0.1, -0.05) is 19.1 Å². The van der Waals surface area contributed by atoms with Crippen molar-refractivity contribution in [1.82, 2.24) is 14.8 Å². The van der Waals surface area contributed by atoms with Gasteiger partial charge in [-0.3, -0.25) is 9.69 Å². The Morgan fingerprint density at radius 3 is 2.62 bits per heavy atom. The van der Waals surface area contributed by atoms with Gasteiger partial charge in [-0.25, -0.2) is 4.98 Å². The molecule has 1 aromatic carbocycles. The molecule has 0 aliphatic heterocycles. The van der Waals surface area contributed by atoms with E-state index in [1.54, 1.807) is 30.1 Å². The van der Waals surface area contributed by atoms with Crippen LogP contribution in [-0.2, 0) is 11.3 Å².